The number of nitrogens with one attached hydrogen (secondary N) is 1. The number of hydrogen-bond donors (Lipinski definition) is 1. The number of hydrogen-bond acceptors (Lipinski definition) is 4. The standard InChI is InChI=1S/C21H26ClN3OS/c1-14(2)7-10-25-11-8-18(9-12-25)24-20(26)19-15(3)23-21(27-19)16-5-4-6-17(22)13-16/h4-7,13,18H,8-12H2,1-3H3,(H,24,26). The summed E-state index contributed by atoms with van der Waals surface area (Å²) in [4.78, 5) is 20.5. The fraction of sp³-hybridized carbons (Fsp3) is 0.429. The molecule has 3 rings (SSSR count). The molecule has 1 amide bonds. The fourth-order valence-electron chi connectivity index (χ4n) is 3.17. The molecule has 144 valence electrons. The molecule has 6 heteroatoms. The Morgan fingerprint density at radius 1 is 1.37 bits per heavy atom. The monoisotopic (exact) mass is 403 g/mol. The number of allylic oxidation sites excluding steroid dienone is 1. The summed E-state index contributed by atoms with van der Waals surface area (Å²) in [5, 5.41) is 4.70. The largest absolute Gasteiger partial charge is 0.348 e. The molecular formula is C21H26ClN3OS. The predicted molar refractivity (Wildman–Crippen MR) is 114 cm³/mol. The maximum atomic E-state index is 12.8. The number of nitrogens with zero attached hydrogens (tertiary/aromatic N) is 2. The van der Waals surface area contributed by atoms with Crippen LogP contribution in [-0.2, 0) is 0 Å². The molecule has 1 aliphatic rings. The van der Waals surface area contributed by atoms with Crippen molar-refractivity contribution < 1.29 is 4.79 Å². The normalized spacial score (nSPS) is 15.6. The first-order valence-corrected chi connectivity index (χ1v) is 10.5. The lowest BCUT2D eigenvalue weighted by Crippen LogP contribution is -2.44. The van der Waals surface area contributed by atoms with E-state index in [1.807, 2.05) is 31.2 Å². The first-order chi connectivity index (χ1) is 12.9. The summed E-state index contributed by atoms with van der Waals surface area (Å²) in [6.07, 6.45) is 4.24. The number of carbonyl (C=O) groups is 1. The lowest BCUT2D eigenvalue weighted by atomic mass is 10.0. The summed E-state index contributed by atoms with van der Waals surface area (Å²) in [5.74, 6) is -0.0129. The molecule has 2 aromatic rings. The molecule has 1 aromatic heterocycles. The highest BCUT2D eigenvalue weighted by atomic mass is 35.5. The highest BCUT2D eigenvalue weighted by Gasteiger charge is 2.23. The minimum atomic E-state index is -0.0129. The van der Waals surface area contributed by atoms with Gasteiger partial charge in [-0.15, -0.1) is 11.3 Å². The number of benzene rings is 1. The van der Waals surface area contributed by atoms with E-state index in [1.165, 1.54) is 16.9 Å². The zero-order valence-corrected chi connectivity index (χ0v) is 17.7. The zero-order valence-electron chi connectivity index (χ0n) is 16.1. The Kier molecular flexibility index (Phi) is 6.68. The van der Waals surface area contributed by atoms with Crippen molar-refractivity contribution in [3.8, 4) is 10.6 Å². The predicted octanol–water partition coefficient (Wildman–Crippen LogP) is 4.93. The van der Waals surface area contributed by atoms with E-state index >= 15 is 0 Å². The van der Waals surface area contributed by atoms with Gasteiger partial charge >= 0.3 is 0 Å². The van der Waals surface area contributed by atoms with Crippen LogP contribution in [0.1, 0.15) is 42.1 Å². The first kappa shape index (κ1) is 20.1. The van der Waals surface area contributed by atoms with Crippen molar-refractivity contribution in [2.24, 2.45) is 0 Å². The average molecular weight is 404 g/mol. The van der Waals surface area contributed by atoms with Crippen LogP contribution in [0.2, 0.25) is 5.02 Å². The van der Waals surface area contributed by atoms with Gasteiger partial charge in [-0.05, 0) is 45.7 Å². The Balaban J connectivity index is 1.60. The Bertz CT molecular complexity index is 834. The number of halogens is 1. The van der Waals surface area contributed by atoms with Crippen molar-refractivity contribution in [1.82, 2.24) is 15.2 Å². The molecule has 0 aliphatic carbocycles. The van der Waals surface area contributed by atoms with Gasteiger partial charge in [0.2, 0.25) is 0 Å². The number of rotatable bonds is 5. The molecule has 0 spiro atoms. The quantitative estimate of drug-likeness (QED) is 0.719. The Morgan fingerprint density at radius 3 is 2.78 bits per heavy atom. The van der Waals surface area contributed by atoms with E-state index in [4.69, 9.17) is 11.6 Å². The number of thiazole rings is 1. The van der Waals surface area contributed by atoms with Gasteiger partial charge in [0.15, 0.2) is 0 Å². The second-order valence-electron chi connectivity index (χ2n) is 7.27. The van der Waals surface area contributed by atoms with E-state index in [1.54, 1.807) is 0 Å². The maximum Gasteiger partial charge on any atom is 0.263 e. The molecule has 4 nitrogen and oxygen atoms in total. The molecule has 0 bridgehead atoms. The van der Waals surface area contributed by atoms with Crippen molar-refractivity contribution in [1.29, 1.82) is 0 Å². The van der Waals surface area contributed by atoms with Crippen LogP contribution >= 0.6 is 22.9 Å². The van der Waals surface area contributed by atoms with Crippen molar-refractivity contribution >= 4 is 28.8 Å². The molecule has 1 N–H and O–H groups in total. The average Bonchev–Trinajstić information content (AvgIpc) is 3.03. The van der Waals surface area contributed by atoms with Gasteiger partial charge in [-0.2, -0.15) is 0 Å². The van der Waals surface area contributed by atoms with Gasteiger partial charge in [0, 0.05) is 36.3 Å². The molecule has 0 unspecified atom stereocenters. The third-order valence-corrected chi connectivity index (χ3v) is 6.20. The number of aryl methyl sites for hydroxylation is 1. The van der Waals surface area contributed by atoms with Crippen LogP contribution in [0.25, 0.3) is 10.6 Å². The lowest BCUT2D eigenvalue weighted by molar-refractivity contribution is 0.0917. The number of aromatic nitrogens is 1. The molecule has 0 saturated carbocycles. The van der Waals surface area contributed by atoms with Gasteiger partial charge in [-0.1, -0.05) is 35.4 Å². The maximum absolute atomic E-state index is 12.8. The molecule has 1 aliphatic heterocycles. The highest BCUT2D eigenvalue weighted by molar-refractivity contribution is 7.17. The second-order valence-corrected chi connectivity index (χ2v) is 8.71. The first-order valence-electron chi connectivity index (χ1n) is 9.32. The lowest BCUT2D eigenvalue weighted by Gasteiger charge is -2.31. The van der Waals surface area contributed by atoms with E-state index in [2.05, 4.69) is 35.1 Å². The van der Waals surface area contributed by atoms with Crippen molar-refractivity contribution in [2.75, 3.05) is 19.6 Å². The van der Waals surface area contributed by atoms with Gasteiger partial charge in [-0.25, -0.2) is 4.98 Å². The number of carbonyl (C=O) groups excluding carboxylic acids is 1. The van der Waals surface area contributed by atoms with E-state index in [0.717, 1.165) is 48.7 Å². The van der Waals surface area contributed by atoms with Gasteiger partial charge in [0.1, 0.15) is 9.88 Å². The molecular weight excluding hydrogens is 378 g/mol. The van der Waals surface area contributed by atoms with Crippen LogP contribution in [0.4, 0.5) is 0 Å². The smallest absolute Gasteiger partial charge is 0.263 e. The van der Waals surface area contributed by atoms with Gasteiger partial charge < -0.3 is 5.32 Å². The van der Waals surface area contributed by atoms with Crippen LogP contribution in [-0.4, -0.2) is 41.5 Å². The topological polar surface area (TPSA) is 45.2 Å². The fourth-order valence-corrected chi connectivity index (χ4v) is 4.33. The molecule has 1 aromatic carbocycles. The second kappa shape index (κ2) is 9.00. The third-order valence-electron chi connectivity index (χ3n) is 4.75. The SMILES string of the molecule is CC(C)=CCN1CCC(NC(=O)c2sc(-c3cccc(Cl)c3)nc2C)CC1. The van der Waals surface area contributed by atoms with E-state index in [0.29, 0.717) is 9.90 Å². The van der Waals surface area contributed by atoms with Crippen LogP contribution in [0, 0.1) is 6.92 Å². The van der Waals surface area contributed by atoms with Crippen LogP contribution in [0.15, 0.2) is 35.9 Å². The molecule has 1 fully saturated rings. The Morgan fingerprint density at radius 2 is 2.11 bits per heavy atom. The van der Waals surface area contributed by atoms with Crippen LogP contribution < -0.4 is 5.32 Å². The number of likely N-dealkylation sites (tertiary alicyclic amines) is 1. The van der Waals surface area contributed by atoms with Crippen molar-refractivity contribution in [2.45, 2.75) is 39.7 Å². The van der Waals surface area contributed by atoms with Crippen LogP contribution in [0.5, 0.6) is 0 Å². The summed E-state index contributed by atoms with van der Waals surface area (Å²) in [5.41, 5.74) is 3.07. The van der Waals surface area contributed by atoms with Crippen LogP contribution in [0.3, 0.4) is 0 Å². The van der Waals surface area contributed by atoms with E-state index in [9.17, 15) is 4.79 Å². The molecule has 0 atom stereocenters. The minimum absolute atomic E-state index is 0.0129. The zero-order chi connectivity index (χ0) is 19.4. The molecule has 27 heavy (non-hydrogen) atoms. The van der Waals surface area contributed by atoms with Gasteiger partial charge in [-0.3, -0.25) is 9.69 Å². The summed E-state index contributed by atoms with van der Waals surface area (Å²) in [6.45, 7) is 9.18. The number of piperidine rings is 1. The molecule has 2 heterocycles. The minimum Gasteiger partial charge on any atom is -0.348 e. The summed E-state index contributed by atoms with van der Waals surface area (Å²) < 4.78 is 0. The number of amides is 1. The van der Waals surface area contributed by atoms with Gasteiger partial charge in [0.25, 0.3) is 5.91 Å². The third kappa shape index (κ3) is 5.41. The molecule has 0 radical (unpaired) electrons. The summed E-state index contributed by atoms with van der Waals surface area (Å²) in [6, 6.07) is 7.81. The van der Waals surface area contributed by atoms with E-state index in [-0.39, 0.29) is 11.9 Å². The van der Waals surface area contributed by atoms with E-state index < -0.39 is 0 Å². The van der Waals surface area contributed by atoms with Gasteiger partial charge in [0.05, 0.1) is 5.69 Å². The summed E-state index contributed by atoms with van der Waals surface area (Å²) >= 11 is 7.50. The molecule has 1 saturated heterocycles. The Hall–Kier alpha value is -1.69. The van der Waals surface area contributed by atoms with Crippen molar-refractivity contribution in [3.63, 3.8) is 0 Å². The van der Waals surface area contributed by atoms with Crippen molar-refractivity contribution in [3.05, 3.63) is 51.5 Å². The summed E-state index contributed by atoms with van der Waals surface area (Å²) in [7, 11) is 0. The Labute approximate surface area is 170 Å². The highest BCUT2D eigenvalue weighted by Crippen LogP contribution is 2.29.